The standard InChI is InChI=1S/C13H17BrN2O3/c1-7(2)5-11(13(18)19)16-12(17)9-4-3-8(14)6-10(9)15/h3-4,6-7,11H,5,15H2,1-2H3,(H,16,17)(H,18,19)/t11-/m1/s1. The largest absolute Gasteiger partial charge is 0.480 e. The minimum atomic E-state index is -1.04. The highest BCUT2D eigenvalue weighted by Crippen LogP contribution is 2.18. The Labute approximate surface area is 120 Å². The van der Waals surface area contributed by atoms with Gasteiger partial charge in [-0.15, -0.1) is 0 Å². The predicted octanol–water partition coefficient (Wildman–Crippen LogP) is 2.26. The summed E-state index contributed by atoms with van der Waals surface area (Å²) in [6.07, 6.45) is 0.373. The first-order valence-electron chi connectivity index (χ1n) is 5.90. The fourth-order valence-corrected chi connectivity index (χ4v) is 2.05. The molecule has 1 atom stereocenters. The number of benzene rings is 1. The Morgan fingerprint density at radius 2 is 2.05 bits per heavy atom. The highest BCUT2D eigenvalue weighted by atomic mass is 79.9. The SMILES string of the molecule is CC(C)C[C@@H](NC(=O)c1ccc(Br)cc1N)C(=O)O. The molecule has 1 aromatic carbocycles. The molecular weight excluding hydrogens is 312 g/mol. The number of rotatable bonds is 5. The maximum absolute atomic E-state index is 12.0. The summed E-state index contributed by atoms with van der Waals surface area (Å²) in [7, 11) is 0. The summed E-state index contributed by atoms with van der Waals surface area (Å²) >= 11 is 3.25. The lowest BCUT2D eigenvalue weighted by Crippen LogP contribution is -2.41. The monoisotopic (exact) mass is 328 g/mol. The summed E-state index contributed by atoms with van der Waals surface area (Å²) in [5.41, 5.74) is 6.32. The van der Waals surface area contributed by atoms with E-state index in [-0.39, 0.29) is 11.5 Å². The maximum Gasteiger partial charge on any atom is 0.326 e. The van der Waals surface area contributed by atoms with Crippen LogP contribution in [0.3, 0.4) is 0 Å². The van der Waals surface area contributed by atoms with Crippen LogP contribution in [0.25, 0.3) is 0 Å². The number of aliphatic carboxylic acids is 1. The van der Waals surface area contributed by atoms with Crippen molar-refractivity contribution in [1.29, 1.82) is 0 Å². The number of nitrogens with one attached hydrogen (secondary N) is 1. The van der Waals surface area contributed by atoms with Crippen molar-refractivity contribution in [3.05, 3.63) is 28.2 Å². The van der Waals surface area contributed by atoms with Crippen LogP contribution >= 0.6 is 15.9 Å². The van der Waals surface area contributed by atoms with Crippen molar-refractivity contribution in [3.8, 4) is 0 Å². The summed E-state index contributed by atoms with van der Waals surface area (Å²) in [5, 5.41) is 11.6. The first-order valence-corrected chi connectivity index (χ1v) is 6.69. The van der Waals surface area contributed by atoms with Crippen LogP contribution in [-0.4, -0.2) is 23.0 Å². The van der Waals surface area contributed by atoms with Gasteiger partial charge in [0.1, 0.15) is 6.04 Å². The van der Waals surface area contributed by atoms with E-state index in [0.717, 1.165) is 4.47 Å². The van der Waals surface area contributed by atoms with Gasteiger partial charge in [-0.1, -0.05) is 29.8 Å². The molecule has 0 fully saturated rings. The number of anilines is 1. The van der Waals surface area contributed by atoms with Gasteiger partial charge in [-0.25, -0.2) is 4.79 Å². The van der Waals surface area contributed by atoms with Crippen LogP contribution in [0.4, 0.5) is 5.69 Å². The molecule has 5 nitrogen and oxygen atoms in total. The van der Waals surface area contributed by atoms with E-state index in [9.17, 15) is 9.59 Å². The molecule has 0 radical (unpaired) electrons. The first-order chi connectivity index (χ1) is 8.81. The Morgan fingerprint density at radius 1 is 1.42 bits per heavy atom. The molecule has 104 valence electrons. The van der Waals surface area contributed by atoms with Crippen LogP contribution in [0.5, 0.6) is 0 Å². The summed E-state index contributed by atoms with van der Waals surface area (Å²) < 4.78 is 0.763. The molecule has 19 heavy (non-hydrogen) atoms. The normalized spacial score (nSPS) is 12.2. The van der Waals surface area contributed by atoms with Gasteiger partial charge in [0.05, 0.1) is 5.56 Å². The van der Waals surface area contributed by atoms with E-state index in [1.54, 1.807) is 18.2 Å². The molecule has 0 saturated carbocycles. The van der Waals surface area contributed by atoms with Crippen LogP contribution in [0.1, 0.15) is 30.6 Å². The van der Waals surface area contributed by atoms with E-state index < -0.39 is 17.9 Å². The van der Waals surface area contributed by atoms with Crippen molar-refractivity contribution >= 4 is 33.5 Å². The lowest BCUT2D eigenvalue weighted by Gasteiger charge is -2.17. The van der Waals surface area contributed by atoms with Gasteiger partial charge in [0.15, 0.2) is 0 Å². The second-order valence-electron chi connectivity index (χ2n) is 4.73. The molecule has 0 aliphatic carbocycles. The molecule has 0 saturated heterocycles. The van der Waals surface area contributed by atoms with E-state index in [1.165, 1.54) is 0 Å². The van der Waals surface area contributed by atoms with E-state index in [1.807, 2.05) is 13.8 Å². The molecule has 0 aliphatic rings. The van der Waals surface area contributed by atoms with Gasteiger partial charge < -0.3 is 16.2 Å². The zero-order valence-electron chi connectivity index (χ0n) is 10.8. The molecule has 0 unspecified atom stereocenters. The number of hydrogen-bond donors (Lipinski definition) is 3. The van der Waals surface area contributed by atoms with Crippen LogP contribution in [-0.2, 0) is 4.79 Å². The lowest BCUT2D eigenvalue weighted by atomic mass is 10.0. The molecule has 0 heterocycles. The molecule has 1 aromatic rings. The van der Waals surface area contributed by atoms with Crippen molar-refractivity contribution < 1.29 is 14.7 Å². The Balaban J connectivity index is 2.84. The number of carbonyl (C=O) groups is 2. The minimum Gasteiger partial charge on any atom is -0.480 e. The van der Waals surface area contributed by atoms with Crippen molar-refractivity contribution in [3.63, 3.8) is 0 Å². The fraction of sp³-hybridized carbons (Fsp3) is 0.385. The van der Waals surface area contributed by atoms with Gasteiger partial charge in [-0.05, 0) is 30.5 Å². The van der Waals surface area contributed by atoms with Crippen LogP contribution < -0.4 is 11.1 Å². The highest BCUT2D eigenvalue weighted by molar-refractivity contribution is 9.10. The number of amides is 1. The Kier molecular flexibility index (Phi) is 5.35. The lowest BCUT2D eigenvalue weighted by molar-refractivity contribution is -0.139. The minimum absolute atomic E-state index is 0.170. The second kappa shape index (κ2) is 6.56. The smallest absolute Gasteiger partial charge is 0.326 e. The highest BCUT2D eigenvalue weighted by Gasteiger charge is 2.22. The van der Waals surface area contributed by atoms with E-state index in [4.69, 9.17) is 10.8 Å². The number of carboxylic acid groups (broad SMARTS) is 1. The van der Waals surface area contributed by atoms with Gasteiger partial charge >= 0.3 is 5.97 Å². The quantitative estimate of drug-likeness (QED) is 0.723. The summed E-state index contributed by atoms with van der Waals surface area (Å²) in [5.74, 6) is -1.35. The molecule has 0 bridgehead atoms. The number of nitrogen functional groups attached to an aromatic ring is 1. The average molecular weight is 329 g/mol. The van der Waals surface area contributed by atoms with Crippen molar-refractivity contribution in [2.24, 2.45) is 5.92 Å². The summed E-state index contributed by atoms with van der Waals surface area (Å²) in [6.45, 7) is 3.80. The molecule has 0 aliphatic heterocycles. The molecule has 0 spiro atoms. The molecule has 4 N–H and O–H groups in total. The van der Waals surface area contributed by atoms with E-state index >= 15 is 0 Å². The number of nitrogens with two attached hydrogens (primary N) is 1. The Morgan fingerprint density at radius 3 is 2.53 bits per heavy atom. The van der Waals surface area contributed by atoms with Crippen molar-refractivity contribution in [2.75, 3.05) is 5.73 Å². The molecule has 1 rings (SSSR count). The fourth-order valence-electron chi connectivity index (χ4n) is 1.67. The molecular formula is C13H17BrN2O3. The van der Waals surface area contributed by atoms with Gasteiger partial charge in [0.25, 0.3) is 5.91 Å². The number of carbonyl (C=O) groups excluding carboxylic acids is 1. The maximum atomic E-state index is 12.0. The third-order valence-electron chi connectivity index (χ3n) is 2.57. The predicted molar refractivity (Wildman–Crippen MR) is 76.9 cm³/mol. The van der Waals surface area contributed by atoms with Crippen LogP contribution in [0.2, 0.25) is 0 Å². The Hall–Kier alpha value is -1.56. The summed E-state index contributed by atoms with van der Waals surface area (Å²) in [6, 6.07) is 3.94. The average Bonchev–Trinajstić information content (AvgIpc) is 2.26. The molecule has 0 aromatic heterocycles. The van der Waals surface area contributed by atoms with Gasteiger partial charge in [0, 0.05) is 10.2 Å². The third kappa shape index (κ3) is 4.55. The van der Waals surface area contributed by atoms with Gasteiger partial charge in [0.2, 0.25) is 0 Å². The Bertz CT molecular complexity index is 489. The summed E-state index contributed by atoms with van der Waals surface area (Å²) in [4.78, 5) is 23.1. The second-order valence-corrected chi connectivity index (χ2v) is 5.64. The van der Waals surface area contributed by atoms with Gasteiger partial charge in [-0.2, -0.15) is 0 Å². The third-order valence-corrected chi connectivity index (χ3v) is 3.06. The number of halogens is 1. The molecule has 1 amide bonds. The van der Waals surface area contributed by atoms with E-state index in [2.05, 4.69) is 21.2 Å². The number of hydrogen-bond acceptors (Lipinski definition) is 3. The van der Waals surface area contributed by atoms with Crippen LogP contribution in [0, 0.1) is 5.92 Å². The van der Waals surface area contributed by atoms with Crippen molar-refractivity contribution in [1.82, 2.24) is 5.32 Å². The zero-order chi connectivity index (χ0) is 14.6. The van der Waals surface area contributed by atoms with Crippen LogP contribution in [0.15, 0.2) is 22.7 Å². The van der Waals surface area contributed by atoms with Gasteiger partial charge in [-0.3, -0.25) is 4.79 Å². The first kappa shape index (κ1) is 15.5. The topological polar surface area (TPSA) is 92.4 Å². The molecule has 6 heteroatoms. The zero-order valence-corrected chi connectivity index (χ0v) is 12.4. The van der Waals surface area contributed by atoms with E-state index in [0.29, 0.717) is 12.1 Å². The number of carboxylic acids is 1. The van der Waals surface area contributed by atoms with Crippen molar-refractivity contribution in [2.45, 2.75) is 26.3 Å².